The predicted octanol–water partition coefficient (Wildman–Crippen LogP) is 7.16. The van der Waals surface area contributed by atoms with E-state index >= 15 is 0 Å². The van der Waals surface area contributed by atoms with Gasteiger partial charge in [-0.1, -0.05) is 32.4 Å². The summed E-state index contributed by atoms with van der Waals surface area (Å²) in [6.45, 7) is 7.77. The van der Waals surface area contributed by atoms with Crippen molar-refractivity contribution in [2.24, 2.45) is 34.5 Å². The van der Waals surface area contributed by atoms with E-state index in [-0.39, 0.29) is 6.10 Å². The van der Waals surface area contributed by atoms with Gasteiger partial charge in [0, 0.05) is 0 Å². The summed E-state index contributed by atoms with van der Waals surface area (Å²) < 4.78 is 0. The van der Waals surface area contributed by atoms with Crippen molar-refractivity contribution in [3.05, 3.63) is 22.8 Å². The number of aliphatic hydroxyl groups excluding tert-OH is 1. The molecule has 1 aliphatic heterocycles. The van der Waals surface area contributed by atoms with Gasteiger partial charge in [-0.05, 0) is 128 Å². The molecule has 1 N–H and O–H groups in total. The van der Waals surface area contributed by atoms with Crippen LogP contribution in [-0.4, -0.2) is 22.7 Å². The molecule has 1 heterocycles. The van der Waals surface area contributed by atoms with Crippen LogP contribution >= 0.6 is 11.8 Å². The van der Waals surface area contributed by atoms with Crippen molar-refractivity contribution >= 4 is 11.8 Å². The maximum atomic E-state index is 10.3. The van der Waals surface area contributed by atoms with Gasteiger partial charge in [-0.3, -0.25) is 0 Å². The zero-order chi connectivity index (χ0) is 20.2. The van der Waals surface area contributed by atoms with E-state index in [0.29, 0.717) is 10.8 Å². The van der Waals surface area contributed by atoms with E-state index in [4.69, 9.17) is 0 Å². The van der Waals surface area contributed by atoms with Crippen LogP contribution in [0.15, 0.2) is 22.8 Å². The Bertz CT molecular complexity index is 701. The average Bonchev–Trinajstić information content (AvgIpc) is 3.06. The quantitative estimate of drug-likeness (QED) is 0.528. The highest BCUT2D eigenvalue weighted by Gasteiger charge is 2.53. The summed E-state index contributed by atoms with van der Waals surface area (Å²) in [5.41, 5.74) is 6.19. The Balaban J connectivity index is 1.37. The molecule has 0 unspecified atom stereocenters. The monoisotopic (exact) mass is 414 g/mol. The molecule has 0 aromatic carbocycles. The van der Waals surface area contributed by atoms with Crippen molar-refractivity contribution in [2.45, 2.75) is 97.5 Å². The van der Waals surface area contributed by atoms with E-state index in [1.807, 2.05) is 5.57 Å². The highest BCUT2D eigenvalue weighted by Crippen LogP contribution is 2.64. The zero-order valence-electron chi connectivity index (χ0n) is 19.0. The summed E-state index contributed by atoms with van der Waals surface area (Å²) >= 11 is 2.16. The zero-order valence-corrected chi connectivity index (χ0v) is 19.8. The minimum absolute atomic E-state index is 0.0433. The fourth-order valence-electron chi connectivity index (χ4n) is 8.40. The second kappa shape index (κ2) is 7.73. The second-order valence-electron chi connectivity index (χ2n) is 11.7. The minimum atomic E-state index is -0.0433. The van der Waals surface area contributed by atoms with E-state index < -0.39 is 0 Å². The molecule has 162 valence electrons. The molecule has 0 aromatic heterocycles. The molecule has 1 nitrogen and oxygen atoms in total. The van der Waals surface area contributed by atoms with Crippen molar-refractivity contribution in [3.63, 3.8) is 0 Å². The van der Waals surface area contributed by atoms with Gasteiger partial charge in [0.1, 0.15) is 0 Å². The lowest BCUT2D eigenvalue weighted by Gasteiger charge is -2.54. The van der Waals surface area contributed by atoms with E-state index in [1.165, 1.54) is 69.3 Å². The molecule has 6 atom stereocenters. The minimum Gasteiger partial charge on any atom is -0.393 e. The smallest absolute Gasteiger partial charge is 0.0543 e. The van der Waals surface area contributed by atoms with Crippen LogP contribution in [0.1, 0.15) is 91.4 Å². The van der Waals surface area contributed by atoms with Gasteiger partial charge in [-0.25, -0.2) is 0 Å². The third-order valence-corrected chi connectivity index (χ3v) is 11.3. The van der Waals surface area contributed by atoms with Gasteiger partial charge in [-0.2, -0.15) is 11.8 Å². The fourth-order valence-corrected chi connectivity index (χ4v) is 9.61. The molecule has 0 bridgehead atoms. The molecule has 2 heteroatoms. The summed E-state index contributed by atoms with van der Waals surface area (Å²) in [6.07, 6.45) is 16.9. The Morgan fingerprint density at radius 2 is 1.86 bits per heavy atom. The van der Waals surface area contributed by atoms with E-state index in [9.17, 15) is 5.11 Å². The second-order valence-corrected chi connectivity index (χ2v) is 12.9. The number of fused-ring (bicyclic) bond motifs is 4. The Labute approximate surface area is 183 Å². The summed E-state index contributed by atoms with van der Waals surface area (Å²) in [7, 11) is 0. The number of aliphatic hydroxyl groups is 1. The van der Waals surface area contributed by atoms with Gasteiger partial charge in [0.25, 0.3) is 0 Å². The number of thioether (sulfide) groups is 1. The SMILES string of the molecule is C[C@H](CC1CCSCC1)[C@H]1CC=C2C3=C(CC[C@@]21C)[C@@]1(C)CC[C@H](O)C[C@@H]1CC3. The first kappa shape index (κ1) is 20.7. The highest BCUT2D eigenvalue weighted by atomic mass is 32.2. The van der Waals surface area contributed by atoms with E-state index in [1.54, 1.807) is 11.1 Å². The van der Waals surface area contributed by atoms with Crippen molar-refractivity contribution in [3.8, 4) is 0 Å². The lowest BCUT2D eigenvalue weighted by Crippen LogP contribution is -2.44. The van der Waals surface area contributed by atoms with Gasteiger partial charge in [0.15, 0.2) is 0 Å². The first-order valence-corrected chi connectivity index (χ1v) is 13.8. The number of hydrogen-bond donors (Lipinski definition) is 1. The largest absolute Gasteiger partial charge is 0.393 e. The van der Waals surface area contributed by atoms with Crippen molar-refractivity contribution in [1.29, 1.82) is 0 Å². The standard InChI is InChI=1S/C27H42OS/c1-18(16-19-10-14-29-15-11-19)23-6-7-24-22-5-4-20-17-21(28)8-12-26(20,2)25(22)9-13-27(23,24)3/h7,18-21,23,28H,4-6,8-17H2,1-3H3/t18-,20+,21+,23-,26+,27-/m1/s1. The first-order chi connectivity index (χ1) is 13.9. The molecule has 0 radical (unpaired) electrons. The van der Waals surface area contributed by atoms with Crippen molar-refractivity contribution in [2.75, 3.05) is 11.5 Å². The number of allylic oxidation sites excluding steroid dienone is 4. The van der Waals surface area contributed by atoms with Crippen LogP contribution < -0.4 is 0 Å². The van der Waals surface area contributed by atoms with Gasteiger partial charge < -0.3 is 5.11 Å². The van der Waals surface area contributed by atoms with Crippen LogP contribution in [0, 0.1) is 34.5 Å². The summed E-state index contributed by atoms with van der Waals surface area (Å²) in [6, 6.07) is 0. The predicted molar refractivity (Wildman–Crippen MR) is 125 cm³/mol. The highest BCUT2D eigenvalue weighted by molar-refractivity contribution is 7.99. The molecular formula is C27H42OS. The van der Waals surface area contributed by atoms with Gasteiger partial charge in [0.2, 0.25) is 0 Å². The maximum absolute atomic E-state index is 10.3. The van der Waals surface area contributed by atoms with Crippen LogP contribution in [0.2, 0.25) is 0 Å². The molecule has 1 saturated carbocycles. The fraction of sp³-hybridized carbons (Fsp3) is 0.852. The molecular weight excluding hydrogens is 372 g/mol. The number of hydrogen-bond acceptors (Lipinski definition) is 2. The third-order valence-electron chi connectivity index (χ3n) is 10.2. The van der Waals surface area contributed by atoms with Crippen LogP contribution in [0.4, 0.5) is 0 Å². The Morgan fingerprint density at radius 1 is 1.07 bits per heavy atom. The Hall–Kier alpha value is -0.210. The molecule has 0 spiro atoms. The van der Waals surface area contributed by atoms with Crippen molar-refractivity contribution in [1.82, 2.24) is 0 Å². The topological polar surface area (TPSA) is 20.2 Å². The Morgan fingerprint density at radius 3 is 2.66 bits per heavy atom. The first-order valence-electron chi connectivity index (χ1n) is 12.6. The third kappa shape index (κ3) is 3.39. The van der Waals surface area contributed by atoms with E-state index in [2.05, 4.69) is 38.6 Å². The van der Waals surface area contributed by atoms with Crippen LogP contribution in [0.5, 0.6) is 0 Å². The number of rotatable bonds is 3. The summed E-state index contributed by atoms with van der Waals surface area (Å²) in [5, 5.41) is 10.3. The lowest BCUT2D eigenvalue weighted by atomic mass is 9.51. The van der Waals surface area contributed by atoms with Crippen LogP contribution in [0.3, 0.4) is 0 Å². The molecule has 29 heavy (non-hydrogen) atoms. The normalized spacial score (nSPS) is 44.0. The van der Waals surface area contributed by atoms with Gasteiger partial charge in [0.05, 0.1) is 6.10 Å². The van der Waals surface area contributed by atoms with Crippen LogP contribution in [-0.2, 0) is 0 Å². The summed E-state index contributed by atoms with van der Waals surface area (Å²) in [5.74, 6) is 6.22. The van der Waals surface area contributed by atoms with E-state index in [0.717, 1.165) is 36.5 Å². The molecule has 0 amide bonds. The Kier molecular flexibility index (Phi) is 5.51. The average molecular weight is 415 g/mol. The van der Waals surface area contributed by atoms with Gasteiger partial charge >= 0.3 is 0 Å². The molecule has 4 aliphatic carbocycles. The van der Waals surface area contributed by atoms with Crippen LogP contribution in [0.25, 0.3) is 0 Å². The maximum Gasteiger partial charge on any atom is 0.0543 e. The summed E-state index contributed by atoms with van der Waals surface area (Å²) in [4.78, 5) is 0. The van der Waals surface area contributed by atoms with Crippen molar-refractivity contribution < 1.29 is 5.11 Å². The lowest BCUT2D eigenvalue weighted by molar-refractivity contribution is 0.0223. The molecule has 5 aliphatic rings. The molecule has 1 saturated heterocycles. The van der Waals surface area contributed by atoms with Gasteiger partial charge in [-0.15, -0.1) is 0 Å². The molecule has 5 rings (SSSR count). The molecule has 2 fully saturated rings. The molecule has 0 aromatic rings.